The molecule has 2 aromatic heterocycles. The van der Waals surface area contributed by atoms with Gasteiger partial charge in [-0.15, -0.1) is 5.10 Å². The first-order valence-corrected chi connectivity index (χ1v) is 13.7. The van der Waals surface area contributed by atoms with E-state index in [1.165, 1.54) is 28.9 Å². The molecule has 1 unspecified atom stereocenters. The highest BCUT2D eigenvalue weighted by atomic mass is 32.2. The topological polar surface area (TPSA) is 172 Å². The van der Waals surface area contributed by atoms with Crippen LogP contribution in [0, 0.1) is 0 Å². The maximum absolute atomic E-state index is 13.4. The van der Waals surface area contributed by atoms with E-state index in [-0.39, 0.29) is 51.1 Å². The Labute approximate surface area is 220 Å². The molecule has 16 heteroatoms. The monoisotopic (exact) mass is 567 g/mol. The third kappa shape index (κ3) is 4.96. The van der Waals surface area contributed by atoms with E-state index in [1.54, 1.807) is 0 Å². The molecule has 1 fully saturated rings. The van der Waals surface area contributed by atoms with Gasteiger partial charge in [-0.3, -0.25) is 14.3 Å². The van der Waals surface area contributed by atoms with Crippen LogP contribution in [0.4, 0.5) is 24.7 Å². The summed E-state index contributed by atoms with van der Waals surface area (Å²) in [6.07, 6.45) is -2.05. The van der Waals surface area contributed by atoms with E-state index in [1.807, 2.05) is 0 Å². The van der Waals surface area contributed by atoms with Crippen LogP contribution in [0.5, 0.6) is 0 Å². The quantitative estimate of drug-likeness (QED) is 0.347. The van der Waals surface area contributed by atoms with Gasteiger partial charge < -0.3 is 21.1 Å². The molecule has 39 heavy (non-hydrogen) atoms. The number of aromatic nitrogens is 3. The summed E-state index contributed by atoms with van der Waals surface area (Å²) in [6.45, 7) is 0.453. The number of amides is 2. The fourth-order valence-electron chi connectivity index (χ4n) is 4.68. The van der Waals surface area contributed by atoms with E-state index in [0.717, 1.165) is 13.2 Å². The molecule has 1 aliphatic carbocycles. The molecule has 1 saturated carbocycles. The molecule has 2 aliphatic rings. The fourth-order valence-corrected chi connectivity index (χ4v) is 5.24. The van der Waals surface area contributed by atoms with Crippen molar-refractivity contribution in [3.05, 3.63) is 41.1 Å². The first-order valence-electron chi connectivity index (χ1n) is 11.8. The lowest BCUT2D eigenvalue weighted by Crippen LogP contribution is -2.46. The minimum atomic E-state index is -4.69. The predicted octanol–water partition coefficient (Wildman–Crippen LogP) is 1.51. The van der Waals surface area contributed by atoms with Crippen molar-refractivity contribution < 1.29 is 36.3 Å². The van der Waals surface area contributed by atoms with Gasteiger partial charge in [-0.25, -0.2) is 17.9 Å². The predicted molar refractivity (Wildman–Crippen MR) is 133 cm³/mol. The van der Waals surface area contributed by atoms with Crippen molar-refractivity contribution in [1.29, 1.82) is 0 Å². The Kier molecular flexibility index (Phi) is 6.21. The maximum Gasteiger partial charge on any atom is 0.408 e. The second kappa shape index (κ2) is 9.08. The summed E-state index contributed by atoms with van der Waals surface area (Å²) in [5.41, 5.74) is 6.37. The molecule has 0 spiro atoms. The maximum atomic E-state index is 13.4. The van der Waals surface area contributed by atoms with E-state index in [9.17, 15) is 36.3 Å². The van der Waals surface area contributed by atoms with Crippen LogP contribution in [-0.2, 0) is 16.6 Å². The van der Waals surface area contributed by atoms with Crippen LogP contribution in [0.3, 0.4) is 0 Å². The lowest BCUT2D eigenvalue weighted by molar-refractivity contribution is -0.172. The van der Waals surface area contributed by atoms with Gasteiger partial charge in [0.2, 0.25) is 10.0 Å². The molecule has 2 amide bonds. The zero-order valence-electron chi connectivity index (χ0n) is 20.7. The standard InChI is InChI=1S/C23H24F3N7O5S/c1-10(23(24,25)26)32-9-12-5-11(6-16(17(12)22(32)36)31-39(2,37)38)15-3-4-33-20(29-15)18(19(27)30-33)21(35)28-13-7-14(34)8-13/h3-6,10,13-14,31,34H,7-9H2,1-2H3,(H2,27,30)(H,28,35). The molecule has 0 bridgehead atoms. The van der Waals surface area contributed by atoms with E-state index < -0.39 is 46.7 Å². The van der Waals surface area contributed by atoms with Crippen molar-refractivity contribution >= 4 is 39.0 Å². The SMILES string of the molecule is CC(N1Cc2cc(-c3ccn4nc(N)c(C(=O)NC5CC(O)C5)c4n3)cc(NS(C)(=O)=O)c2C1=O)C(F)(F)F. The van der Waals surface area contributed by atoms with Crippen molar-refractivity contribution in [1.82, 2.24) is 24.8 Å². The van der Waals surface area contributed by atoms with E-state index in [0.29, 0.717) is 17.7 Å². The number of halogens is 3. The number of aliphatic hydroxyl groups is 1. The van der Waals surface area contributed by atoms with Crippen molar-refractivity contribution in [3.63, 3.8) is 0 Å². The highest BCUT2D eigenvalue weighted by Gasteiger charge is 2.46. The highest BCUT2D eigenvalue weighted by molar-refractivity contribution is 7.92. The molecule has 3 aromatic rings. The minimum Gasteiger partial charge on any atom is -0.393 e. The molecule has 1 aliphatic heterocycles. The summed E-state index contributed by atoms with van der Waals surface area (Å²) in [5.74, 6) is -1.59. The Morgan fingerprint density at radius 1 is 1.28 bits per heavy atom. The number of nitrogen functional groups attached to an aromatic ring is 1. The second-order valence-corrected chi connectivity index (χ2v) is 11.5. The summed E-state index contributed by atoms with van der Waals surface area (Å²) >= 11 is 0. The Morgan fingerprint density at radius 2 is 1.97 bits per heavy atom. The van der Waals surface area contributed by atoms with Crippen molar-refractivity contribution in [2.45, 2.75) is 50.7 Å². The lowest BCUT2D eigenvalue weighted by atomic mass is 9.89. The van der Waals surface area contributed by atoms with Crippen molar-refractivity contribution in [3.8, 4) is 11.3 Å². The summed E-state index contributed by atoms with van der Waals surface area (Å²) < 4.78 is 67.8. The summed E-state index contributed by atoms with van der Waals surface area (Å²) in [6, 6.07) is 1.92. The van der Waals surface area contributed by atoms with Crippen LogP contribution >= 0.6 is 0 Å². The number of rotatable bonds is 6. The number of anilines is 2. The molecule has 5 rings (SSSR count). The summed E-state index contributed by atoms with van der Waals surface area (Å²) in [5, 5.41) is 16.3. The number of nitrogens with zero attached hydrogens (tertiary/aromatic N) is 4. The normalized spacial score (nSPS) is 20.1. The van der Waals surface area contributed by atoms with Gasteiger partial charge >= 0.3 is 6.18 Å². The Hall–Kier alpha value is -3.92. The zero-order chi connectivity index (χ0) is 28.4. The van der Waals surface area contributed by atoms with Gasteiger partial charge in [0, 0.05) is 24.3 Å². The molecular formula is C23H24F3N7O5S. The average Bonchev–Trinajstić information content (AvgIpc) is 3.31. The summed E-state index contributed by atoms with van der Waals surface area (Å²) in [4.78, 5) is 31.0. The van der Waals surface area contributed by atoms with Gasteiger partial charge in [0.05, 0.1) is 29.3 Å². The number of nitrogens with two attached hydrogens (primary N) is 1. The Morgan fingerprint density at radius 3 is 2.59 bits per heavy atom. The van der Waals surface area contributed by atoms with Gasteiger partial charge in [-0.05, 0) is 43.5 Å². The van der Waals surface area contributed by atoms with Crippen LogP contribution < -0.4 is 15.8 Å². The molecular weight excluding hydrogens is 543 g/mol. The number of aliphatic hydroxyl groups excluding tert-OH is 1. The van der Waals surface area contributed by atoms with Crippen LogP contribution in [0.15, 0.2) is 24.4 Å². The number of sulfonamides is 1. The molecule has 5 N–H and O–H groups in total. The fraction of sp³-hybridized carbons (Fsp3) is 0.391. The molecule has 208 valence electrons. The van der Waals surface area contributed by atoms with E-state index >= 15 is 0 Å². The van der Waals surface area contributed by atoms with Gasteiger partial charge in [0.15, 0.2) is 11.5 Å². The second-order valence-electron chi connectivity index (χ2n) is 9.72. The van der Waals surface area contributed by atoms with Crippen LogP contribution in [0.25, 0.3) is 16.9 Å². The number of alkyl halides is 3. The van der Waals surface area contributed by atoms with Crippen molar-refractivity contribution in [2.75, 3.05) is 16.7 Å². The molecule has 1 aromatic carbocycles. The Bertz CT molecular complexity index is 1620. The molecule has 3 heterocycles. The van der Waals surface area contributed by atoms with Crippen molar-refractivity contribution in [2.24, 2.45) is 0 Å². The third-order valence-corrected chi connectivity index (χ3v) is 7.35. The largest absolute Gasteiger partial charge is 0.408 e. The minimum absolute atomic E-state index is 0.00533. The number of hydrogen-bond acceptors (Lipinski definition) is 8. The first kappa shape index (κ1) is 26.7. The van der Waals surface area contributed by atoms with Crippen LogP contribution in [0.1, 0.15) is 46.0 Å². The molecule has 0 radical (unpaired) electrons. The number of carbonyl (C=O) groups excluding carboxylic acids is 2. The molecule has 12 nitrogen and oxygen atoms in total. The summed E-state index contributed by atoms with van der Waals surface area (Å²) in [7, 11) is -3.91. The third-order valence-electron chi connectivity index (χ3n) is 6.76. The van der Waals surface area contributed by atoms with E-state index in [4.69, 9.17) is 5.73 Å². The van der Waals surface area contributed by atoms with Crippen LogP contribution in [0.2, 0.25) is 0 Å². The van der Waals surface area contributed by atoms with Gasteiger partial charge in [0.1, 0.15) is 11.6 Å². The smallest absolute Gasteiger partial charge is 0.393 e. The average molecular weight is 568 g/mol. The lowest BCUT2D eigenvalue weighted by Gasteiger charge is -2.31. The highest BCUT2D eigenvalue weighted by Crippen LogP contribution is 2.38. The first-order chi connectivity index (χ1) is 18.1. The molecule has 0 saturated heterocycles. The van der Waals surface area contributed by atoms with E-state index in [2.05, 4.69) is 20.1 Å². The number of benzene rings is 1. The molecule has 1 atom stereocenters. The number of hydrogen-bond donors (Lipinski definition) is 4. The van der Waals surface area contributed by atoms with Gasteiger partial charge in [-0.2, -0.15) is 13.2 Å². The van der Waals surface area contributed by atoms with Gasteiger partial charge in [0.25, 0.3) is 11.8 Å². The van der Waals surface area contributed by atoms with Crippen LogP contribution in [-0.4, -0.2) is 75.5 Å². The number of nitrogens with one attached hydrogen (secondary N) is 2. The number of fused-ring (bicyclic) bond motifs is 2. The number of carbonyl (C=O) groups is 2. The Balaban J connectivity index is 1.57. The van der Waals surface area contributed by atoms with Gasteiger partial charge in [-0.1, -0.05) is 0 Å². The zero-order valence-corrected chi connectivity index (χ0v) is 21.5.